The van der Waals surface area contributed by atoms with E-state index in [1.165, 1.54) is 25.9 Å². The van der Waals surface area contributed by atoms with Gasteiger partial charge in [-0.1, -0.05) is 12.1 Å². The maximum atomic E-state index is 12.8. The highest BCUT2D eigenvalue weighted by atomic mass is 16.5. The third-order valence-electron chi connectivity index (χ3n) is 5.69. The van der Waals surface area contributed by atoms with E-state index in [-0.39, 0.29) is 11.9 Å². The van der Waals surface area contributed by atoms with Crippen LogP contribution in [0.5, 0.6) is 5.75 Å². The number of ether oxygens (including phenoxy) is 1. The van der Waals surface area contributed by atoms with E-state index in [4.69, 9.17) is 4.74 Å². The molecule has 2 aromatic rings. The average molecular weight is 339 g/mol. The second-order valence-electron chi connectivity index (χ2n) is 7.11. The predicted molar refractivity (Wildman–Crippen MR) is 97.8 cm³/mol. The molecule has 0 spiro atoms. The number of nitrogens with one attached hydrogen (secondary N) is 1. The number of rotatable bonds is 4. The predicted octanol–water partition coefficient (Wildman–Crippen LogP) is 2.52. The van der Waals surface area contributed by atoms with Gasteiger partial charge in [-0.2, -0.15) is 0 Å². The molecule has 0 unspecified atom stereocenters. The van der Waals surface area contributed by atoms with Crippen LogP contribution in [-0.4, -0.2) is 48.2 Å². The number of amides is 1. The van der Waals surface area contributed by atoms with E-state index in [2.05, 4.69) is 10.2 Å². The van der Waals surface area contributed by atoms with Gasteiger partial charge in [0, 0.05) is 30.9 Å². The third-order valence-corrected chi connectivity index (χ3v) is 5.69. The van der Waals surface area contributed by atoms with E-state index in [1.807, 2.05) is 48.0 Å². The van der Waals surface area contributed by atoms with E-state index in [1.54, 1.807) is 7.11 Å². The minimum Gasteiger partial charge on any atom is -0.497 e. The summed E-state index contributed by atoms with van der Waals surface area (Å²) in [6.07, 6.45) is 2.40. The highest BCUT2D eigenvalue weighted by Gasteiger charge is 2.35. The molecule has 2 bridgehead atoms. The molecule has 3 aliphatic rings. The quantitative estimate of drug-likeness (QED) is 0.931. The van der Waals surface area contributed by atoms with Crippen LogP contribution < -0.4 is 10.1 Å². The van der Waals surface area contributed by atoms with Crippen LogP contribution in [0.3, 0.4) is 0 Å². The van der Waals surface area contributed by atoms with Gasteiger partial charge in [0.15, 0.2) is 0 Å². The van der Waals surface area contributed by atoms with Crippen molar-refractivity contribution in [2.24, 2.45) is 13.0 Å². The number of hydrogen-bond acceptors (Lipinski definition) is 3. The van der Waals surface area contributed by atoms with Crippen LogP contribution in [0.15, 0.2) is 36.4 Å². The van der Waals surface area contributed by atoms with Crippen molar-refractivity contribution in [3.05, 3.63) is 42.1 Å². The van der Waals surface area contributed by atoms with Gasteiger partial charge in [-0.05, 0) is 56.1 Å². The smallest absolute Gasteiger partial charge is 0.268 e. The molecule has 5 nitrogen and oxygen atoms in total. The van der Waals surface area contributed by atoms with Gasteiger partial charge in [-0.25, -0.2) is 0 Å². The fourth-order valence-corrected chi connectivity index (χ4v) is 4.18. The van der Waals surface area contributed by atoms with E-state index in [0.29, 0.717) is 11.6 Å². The fourth-order valence-electron chi connectivity index (χ4n) is 4.18. The molecule has 1 aromatic heterocycles. The molecule has 0 saturated carbocycles. The number of benzene rings is 1. The van der Waals surface area contributed by atoms with Gasteiger partial charge < -0.3 is 19.5 Å². The Bertz CT molecular complexity index is 775. The lowest BCUT2D eigenvalue weighted by Crippen LogP contribution is -2.57. The lowest BCUT2D eigenvalue weighted by atomic mass is 9.84. The molecule has 1 atom stereocenters. The molecule has 3 saturated heterocycles. The molecule has 3 aliphatic heterocycles. The number of nitrogens with zero attached hydrogens (tertiary/aromatic N) is 2. The summed E-state index contributed by atoms with van der Waals surface area (Å²) < 4.78 is 7.27. The van der Waals surface area contributed by atoms with Gasteiger partial charge in [0.05, 0.1) is 7.11 Å². The molecule has 0 aliphatic carbocycles. The number of carbonyl (C=O) groups excluding carboxylic acids is 1. The summed E-state index contributed by atoms with van der Waals surface area (Å²) in [7, 11) is 3.61. The van der Waals surface area contributed by atoms with Crippen molar-refractivity contribution in [1.82, 2.24) is 14.8 Å². The average Bonchev–Trinajstić information content (AvgIpc) is 3.04. The van der Waals surface area contributed by atoms with Gasteiger partial charge in [-0.3, -0.25) is 4.79 Å². The van der Waals surface area contributed by atoms with Crippen molar-refractivity contribution < 1.29 is 9.53 Å². The number of carbonyl (C=O) groups is 1. The fraction of sp³-hybridized carbons (Fsp3) is 0.450. The molecule has 1 N–H and O–H groups in total. The van der Waals surface area contributed by atoms with Crippen LogP contribution in [0.25, 0.3) is 11.3 Å². The summed E-state index contributed by atoms with van der Waals surface area (Å²) in [6.45, 7) is 3.35. The van der Waals surface area contributed by atoms with E-state index < -0.39 is 0 Å². The molecule has 5 rings (SSSR count). The Morgan fingerprint density at radius 3 is 2.68 bits per heavy atom. The van der Waals surface area contributed by atoms with E-state index in [9.17, 15) is 4.79 Å². The topological polar surface area (TPSA) is 46.5 Å². The summed E-state index contributed by atoms with van der Waals surface area (Å²) in [5, 5.41) is 3.27. The Morgan fingerprint density at radius 1 is 1.20 bits per heavy atom. The minimum atomic E-state index is 0.0235. The first kappa shape index (κ1) is 16.2. The maximum Gasteiger partial charge on any atom is 0.268 e. The Hall–Kier alpha value is -2.27. The molecule has 3 fully saturated rings. The highest BCUT2D eigenvalue weighted by Crippen LogP contribution is 2.28. The van der Waals surface area contributed by atoms with Crippen LogP contribution in [-0.2, 0) is 7.05 Å². The molecule has 4 heterocycles. The first-order valence-corrected chi connectivity index (χ1v) is 8.99. The molecule has 0 radical (unpaired) electrons. The van der Waals surface area contributed by atoms with Gasteiger partial charge in [0.1, 0.15) is 11.4 Å². The lowest BCUT2D eigenvalue weighted by molar-refractivity contribution is 0.0616. The van der Waals surface area contributed by atoms with Crippen LogP contribution in [0, 0.1) is 5.92 Å². The van der Waals surface area contributed by atoms with Crippen LogP contribution in [0.2, 0.25) is 0 Å². The van der Waals surface area contributed by atoms with Crippen LogP contribution in [0.1, 0.15) is 23.3 Å². The van der Waals surface area contributed by atoms with Gasteiger partial charge in [0.25, 0.3) is 5.91 Å². The third kappa shape index (κ3) is 3.04. The van der Waals surface area contributed by atoms with Crippen LogP contribution >= 0.6 is 0 Å². The van der Waals surface area contributed by atoms with E-state index in [0.717, 1.165) is 23.6 Å². The molecular formula is C20H25N3O2. The van der Waals surface area contributed by atoms with Gasteiger partial charge >= 0.3 is 0 Å². The number of methoxy groups -OCH3 is 1. The molecule has 1 amide bonds. The summed E-state index contributed by atoms with van der Waals surface area (Å²) in [5.74, 6) is 1.47. The minimum absolute atomic E-state index is 0.0235. The van der Waals surface area contributed by atoms with Crippen LogP contribution in [0.4, 0.5) is 0 Å². The highest BCUT2D eigenvalue weighted by molar-refractivity contribution is 5.94. The normalized spacial score (nSPS) is 25.0. The molecule has 132 valence electrons. The second kappa shape index (κ2) is 6.56. The molecular weight excluding hydrogens is 314 g/mol. The van der Waals surface area contributed by atoms with Crippen molar-refractivity contribution in [1.29, 1.82) is 0 Å². The Kier molecular flexibility index (Phi) is 4.25. The summed E-state index contributed by atoms with van der Waals surface area (Å²) in [5.41, 5.74) is 2.76. The molecule has 5 heteroatoms. The van der Waals surface area contributed by atoms with Gasteiger partial charge in [0.2, 0.25) is 0 Å². The number of piperidine rings is 3. The number of aromatic nitrogens is 1. The zero-order valence-electron chi connectivity index (χ0n) is 14.9. The summed E-state index contributed by atoms with van der Waals surface area (Å²) >= 11 is 0. The Labute approximate surface area is 148 Å². The molecule has 25 heavy (non-hydrogen) atoms. The molecule has 1 aromatic carbocycles. The van der Waals surface area contributed by atoms with Gasteiger partial charge in [-0.15, -0.1) is 0 Å². The zero-order valence-corrected chi connectivity index (χ0v) is 14.9. The zero-order chi connectivity index (χ0) is 17.4. The summed E-state index contributed by atoms with van der Waals surface area (Å²) in [6, 6.07) is 12.1. The van der Waals surface area contributed by atoms with Crippen molar-refractivity contribution in [3.8, 4) is 17.0 Å². The number of hydrogen-bond donors (Lipinski definition) is 1. The maximum absolute atomic E-state index is 12.8. The second-order valence-corrected chi connectivity index (χ2v) is 7.11. The largest absolute Gasteiger partial charge is 0.497 e. The summed E-state index contributed by atoms with van der Waals surface area (Å²) in [4.78, 5) is 15.3. The number of fused-ring (bicyclic) bond motifs is 3. The van der Waals surface area contributed by atoms with E-state index >= 15 is 0 Å². The standard InChI is InChI=1S/C20H25N3O2/c1-22-18(15-4-3-5-16(12-15)25-2)6-7-19(22)20(24)21-17-13-23-10-8-14(17)9-11-23/h3-7,12,14,17H,8-11,13H2,1-2H3,(H,21,24)/t17-/m0/s1. The van der Waals surface area contributed by atoms with Crippen molar-refractivity contribution in [3.63, 3.8) is 0 Å². The first-order chi connectivity index (χ1) is 12.2. The van der Waals surface area contributed by atoms with Crippen molar-refractivity contribution in [2.75, 3.05) is 26.7 Å². The Morgan fingerprint density at radius 2 is 2.00 bits per heavy atom. The Balaban J connectivity index is 1.53. The first-order valence-electron chi connectivity index (χ1n) is 8.99. The monoisotopic (exact) mass is 339 g/mol. The van der Waals surface area contributed by atoms with Crippen molar-refractivity contribution in [2.45, 2.75) is 18.9 Å². The van der Waals surface area contributed by atoms with Crippen molar-refractivity contribution >= 4 is 5.91 Å². The lowest BCUT2D eigenvalue weighted by Gasteiger charge is -2.44. The SMILES string of the molecule is COc1cccc(-c2ccc(C(=O)N[C@H]3CN4CCC3CC4)n2C)c1.